The highest BCUT2D eigenvalue weighted by Gasteiger charge is 2.19. The van der Waals surface area contributed by atoms with Crippen LogP contribution >= 0.6 is 11.6 Å². The van der Waals surface area contributed by atoms with Gasteiger partial charge in [-0.1, -0.05) is 11.6 Å². The fraction of sp³-hybridized carbons (Fsp3) is 0.417. The first-order valence-electron chi connectivity index (χ1n) is 6.06. The van der Waals surface area contributed by atoms with Gasteiger partial charge in [0, 0.05) is 18.7 Å². The first kappa shape index (κ1) is 14.7. The van der Waals surface area contributed by atoms with Gasteiger partial charge in [0.25, 0.3) is 0 Å². The van der Waals surface area contributed by atoms with Crippen LogP contribution in [0.3, 0.4) is 0 Å². The highest BCUT2D eigenvalue weighted by molar-refractivity contribution is 6.30. The summed E-state index contributed by atoms with van der Waals surface area (Å²) in [5.74, 6) is 6.12. The fourth-order valence-corrected chi connectivity index (χ4v) is 2.27. The van der Waals surface area contributed by atoms with Gasteiger partial charge in [0.05, 0.1) is 24.5 Å². The Hall–Kier alpha value is -1.70. The van der Waals surface area contributed by atoms with Gasteiger partial charge in [-0.05, 0) is 13.3 Å². The van der Waals surface area contributed by atoms with E-state index in [1.807, 2.05) is 6.92 Å². The number of hydrazine groups is 1. The zero-order valence-corrected chi connectivity index (χ0v) is 12.3. The number of ether oxygens (including phenoxy) is 1. The molecule has 2 aromatic rings. The third-order valence-electron chi connectivity index (χ3n) is 3.11. The van der Waals surface area contributed by atoms with Crippen molar-refractivity contribution in [2.75, 3.05) is 7.11 Å². The monoisotopic (exact) mass is 296 g/mol. The molecule has 0 saturated heterocycles. The zero-order valence-electron chi connectivity index (χ0n) is 11.6. The molecule has 0 amide bonds. The van der Waals surface area contributed by atoms with Gasteiger partial charge in [-0.25, -0.2) is 9.97 Å². The summed E-state index contributed by atoms with van der Waals surface area (Å²) in [5.41, 5.74) is 5.29. The molecule has 3 N–H and O–H groups in total. The van der Waals surface area contributed by atoms with Crippen LogP contribution in [-0.2, 0) is 13.5 Å². The van der Waals surface area contributed by atoms with E-state index in [0.717, 1.165) is 17.0 Å². The van der Waals surface area contributed by atoms with Gasteiger partial charge in [0.15, 0.2) is 0 Å². The number of halogens is 1. The summed E-state index contributed by atoms with van der Waals surface area (Å²) in [6.45, 7) is 1.91. The van der Waals surface area contributed by atoms with Crippen molar-refractivity contribution in [1.82, 2.24) is 25.2 Å². The van der Waals surface area contributed by atoms with Crippen molar-refractivity contribution in [3.05, 3.63) is 34.5 Å². The Kier molecular flexibility index (Phi) is 4.53. The topological polar surface area (TPSA) is 90.9 Å². The van der Waals surface area contributed by atoms with E-state index in [4.69, 9.17) is 22.2 Å². The Morgan fingerprint density at radius 1 is 1.50 bits per heavy atom. The first-order chi connectivity index (χ1) is 9.56. The van der Waals surface area contributed by atoms with E-state index in [1.54, 1.807) is 24.9 Å². The minimum absolute atomic E-state index is 0.202. The number of hydrogen-bond donors (Lipinski definition) is 2. The number of aryl methyl sites for hydroxylation is 2. The third kappa shape index (κ3) is 2.90. The molecule has 7 nitrogen and oxygen atoms in total. The van der Waals surface area contributed by atoms with Crippen molar-refractivity contribution < 1.29 is 4.74 Å². The molecule has 1 unspecified atom stereocenters. The molecule has 108 valence electrons. The Morgan fingerprint density at radius 3 is 2.80 bits per heavy atom. The van der Waals surface area contributed by atoms with Gasteiger partial charge in [0.2, 0.25) is 5.88 Å². The summed E-state index contributed by atoms with van der Waals surface area (Å²) >= 11 is 6.24. The highest BCUT2D eigenvalue weighted by atomic mass is 35.5. The maximum absolute atomic E-state index is 6.24. The molecule has 0 saturated carbocycles. The minimum Gasteiger partial charge on any atom is -0.481 e. The zero-order chi connectivity index (χ0) is 14.7. The van der Waals surface area contributed by atoms with Crippen LogP contribution in [0, 0.1) is 6.92 Å². The second-order valence-corrected chi connectivity index (χ2v) is 4.75. The standard InChI is InChI=1S/C12H17ClN6O/c1-7-8(12(13)19(2)18-7)4-10(17-14)9-5-11(20-3)16-6-15-9/h5-6,10,17H,4,14H2,1-3H3. The quantitative estimate of drug-likeness (QED) is 0.630. The van der Waals surface area contributed by atoms with Crippen molar-refractivity contribution in [3.63, 3.8) is 0 Å². The first-order valence-corrected chi connectivity index (χ1v) is 6.44. The average molecular weight is 297 g/mol. The molecule has 0 aromatic carbocycles. The molecule has 0 aliphatic carbocycles. The molecule has 0 fully saturated rings. The van der Waals surface area contributed by atoms with E-state index >= 15 is 0 Å². The van der Waals surface area contributed by atoms with Gasteiger partial charge in [-0.2, -0.15) is 5.10 Å². The summed E-state index contributed by atoms with van der Waals surface area (Å²) in [6.07, 6.45) is 2.02. The molecular weight excluding hydrogens is 280 g/mol. The van der Waals surface area contributed by atoms with Crippen molar-refractivity contribution in [2.45, 2.75) is 19.4 Å². The molecule has 2 rings (SSSR count). The Labute approximate surface area is 122 Å². The van der Waals surface area contributed by atoms with Gasteiger partial charge >= 0.3 is 0 Å². The maximum Gasteiger partial charge on any atom is 0.216 e. The Balaban J connectivity index is 2.28. The van der Waals surface area contributed by atoms with Gasteiger partial charge in [-0.3, -0.25) is 16.0 Å². The number of nitrogens with zero attached hydrogens (tertiary/aromatic N) is 4. The number of nitrogens with two attached hydrogens (primary N) is 1. The largest absolute Gasteiger partial charge is 0.481 e. The second kappa shape index (κ2) is 6.17. The van der Waals surface area contributed by atoms with Crippen LogP contribution in [-0.4, -0.2) is 26.9 Å². The number of rotatable bonds is 5. The van der Waals surface area contributed by atoms with E-state index in [0.29, 0.717) is 17.5 Å². The van der Waals surface area contributed by atoms with Gasteiger partial charge in [-0.15, -0.1) is 0 Å². The van der Waals surface area contributed by atoms with Gasteiger partial charge < -0.3 is 4.74 Å². The van der Waals surface area contributed by atoms with Crippen LogP contribution in [0.5, 0.6) is 5.88 Å². The SMILES string of the molecule is COc1cc(C(Cc2c(C)nn(C)c2Cl)NN)ncn1. The number of nitrogens with one attached hydrogen (secondary N) is 1. The minimum atomic E-state index is -0.202. The van der Waals surface area contributed by atoms with E-state index in [9.17, 15) is 0 Å². The van der Waals surface area contributed by atoms with Crippen LogP contribution in [0.2, 0.25) is 5.15 Å². The smallest absolute Gasteiger partial charge is 0.216 e. The normalized spacial score (nSPS) is 12.4. The highest BCUT2D eigenvalue weighted by Crippen LogP contribution is 2.25. The van der Waals surface area contributed by atoms with Crippen LogP contribution in [0.15, 0.2) is 12.4 Å². The Bertz CT molecular complexity index is 600. The van der Waals surface area contributed by atoms with Gasteiger partial charge in [0.1, 0.15) is 11.5 Å². The van der Waals surface area contributed by atoms with Crippen LogP contribution in [0.25, 0.3) is 0 Å². The lowest BCUT2D eigenvalue weighted by molar-refractivity contribution is 0.393. The molecule has 0 aliphatic rings. The predicted octanol–water partition coefficient (Wildman–Crippen LogP) is 0.928. The summed E-state index contributed by atoms with van der Waals surface area (Å²) < 4.78 is 6.73. The number of aromatic nitrogens is 4. The summed E-state index contributed by atoms with van der Waals surface area (Å²) in [5, 5.41) is 4.88. The van der Waals surface area contributed by atoms with Crippen molar-refractivity contribution in [2.24, 2.45) is 12.9 Å². The third-order valence-corrected chi connectivity index (χ3v) is 3.58. The lowest BCUT2D eigenvalue weighted by Crippen LogP contribution is -2.30. The summed E-state index contributed by atoms with van der Waals surface area (Å²) in [7, 11) is 3.36. The van der Waals surface area contributed by atoms with E-state index in [1.165, 1.54) is 6.33 Å². The van der Waals surface area contributed by atoms with Crippen molar-refractivity contribution in [1.29, 1.82) is 0 Å². The van der Waals surface area contributed by atoms with E-state index < -0.39 is 0 Å². The lowest BCUT2D eigenvalue weighted by atomic mass is 10.0. The molecule has 0 radical (unpaired) electrons. The molecule has 2 heterocycles. The molecule has 8 heteroatoms. The lowest BCUT2D eigenvalue weighted by Gasteiger charge is -2.15. The fourth-order valence-electron chi connectivity index (χ4n) is 2.01. The molecular formula is C12H17ClN6O. The average Bonchev–Trinajstić information content (AvgIpc) is 2.70. The second-order valence-electron chi connectivity index (χ2n) is 4.39. The van der Waals surface area contributed by atoms with E-state index in [-0.39, 0.29) is 6.04 Å². The molecule has 1 atom stereocenters. The number of hydrogen-bond acceptors (Lipinski definition) is 6. The Morgan fingerprint density at radius 2 is 2.25 bits per heavy atom. The summed E-state index contributed by atoms with van der Waals surface area (Å²) in [6, 6.07) is 1.54. The molecule has 0 bridgehead atoms. The maximum atomic E-state index is 6.24. The predicted molar refractivity (Wildman–Crippen MR) is 75.3 cm³/mol. The van der Waals surface area contributed by atoms with Crippen LogP contribution in [0.1, 0.15) is 23.0 Å². The molecule has 2 aromatic heterocycles. The summed E-state index contributed by atoms with van der Waals surface area (Å²) in [4.78, 5) is 8.19. The molecule has 20 heavy (non-hydrogen) atoms. The van der Waals surface area contributed by atoms with E-state index in [2.05, 4.69) is 20.5 Å². The van der Waals surface area contributed by atoms with Crippen molar-refractivity contribution in [3.8, 4) is 5.88 Å². The molecule has 0 spiro atoms. The van der Waals surface area contributed by atoms with Crippen molar-refractivity contribution >= 4 is 11.6 Å². The van der Waals surface area contributed by atoms with Crippen LogP contribution in [0.4, 0.5) is 0 Å². The van der Waals surface area contributed by atoms with Crippen LogP contribution < -0.4 is 16.0 Å². The molecule has 0 aliphatic heterocycles. The number of methoxy groups -OCH3 is 1.